The summed E-state index contributed by atoms with van der Waals surface area (Å²) in [6.07, 6.45) is 0. The Balaban J connectivity index is 1.90. The molecule has 0 unspecified atom stereocenters. The van der Waals surface area contributed by atoms with Gasteiger partial charge in [0.15, 0.2) is 5.11 Å². The van der Waals surface area contributed by atoms with E-state index in [4.69, 9.17) is 22.7 Å². The lowest BCUT2D eigenvalue weighted by Crippen LogP contribution is -2.46. The van der Waals surface area contributed by atoms with Gasteiger partial charge in [-0.05, 0) is 48.6 Å². The van der Waals surface area contributed by atoms with Crippen LogP contribution in [-0.2, 0) is 0 Å². The summed E-state index contributed by atoms with van der Waals surface area (Å²) in [7, 11) is 0. The lowest BCUT2D eigenvalue weighted by molar-refractivity contribution is 0.247. The number of para-hydroxylation sites is 1. The molecule has 0 bridgehead atoms. The highest BCUT2D eigenvalue weighted by Gasteiger charge is 2.00. The SMILES string of the molecule is NC(=O)NNC(=S)Nc1ccc(Oc2ccccc2)cc1. The Morgan fingerprint density at radius 2 is 1.57 bits per heavy atom. The molecule has 2 aromatic rings. The summed E-state index contributed by atoms with van der Waals surface area (Å²) in [6.45, 7) is 0. The van der Waals surface area contributed by atoms with E-state index in [9.17, 15) is 4.79 Å². The second-order valence-electron chi connectivity index (χ2n) is 4.01. The summed E-state index contributed by atoms with van der Waals surface area (Å²) in [5.41, 5.74) is 10.3. The van der Waals surface area contributed by atoms with Crippen LogP contribution in [0.1, 0.15) is 0 Å². The van der Waals surface area contributed by atoms with Gasteiger partial charge in [0, 0.05) is 5.69 Å². The number of rotatable bonds is 3. The van der Waals surface area contributed by atoms with Gasteiger partial charge in [-0.1, -0.05) is 18.2 Å². The molecular formula is C14H14N4O2S. The van der Waals surface area contributed by atoms with Gasteiger partial charge in [-0.2, -0.15) is 0 Å². The highest BCUT2D eigenvalue weighted by molar-refractivity contribution is 7.80. The molecule has 0 saturated heterocycles. The van der Waals surface area contributed by atoms with E-state index in [1.165, 1.54) is 0 Å². The third kappa shape index (κ3) is 5.00. The van der Waals surface area contributed by atoms with Gasteiger partial charge in [0.2, 0.25) is 0 Å². The van der Waals surface area contributed by atoms with Crippen molar-refractivity contribution in [3.05, 3.63) is 54.6 Å². The molecule has 108 valence electrons. The molecule has 0 aliphatic carbocycles. The number of thiocarbonyl (C=S) groups is 1. The molecule has 6 nitrogen and oxygen atoms in total. The minimum Gasteiger partial charge on any atom is -0.457 e. The topological polar surface area (TPSA) is 88.4 Å². The van der Waals surface area contributed by atoms with E-state index in [0.717, 1.165) is 11.4 Å². The summed E-state index contributed by atoms with van der Waals surface area (Å²) in [6, 6.07) is 16.0. The van der Waals surface area contributed by atoms with Crippen LogP contribution in [0.15, 0.2) is 54.6 Å². The number of primary amides is 1. The number of hydrogen-bond acceptors (Lipinski definition) is 3. The van der Waals surface area contributed by atoms with Crippen LogP contribution >= 0.6 is 12.2 Å². The highest BCUT2D eigenvalue weighted by Crippen LogP contribution is 2.22. The van der Waals surface area contributed by atoms with Crippen LogP contribution in [0.25, 0.3) is 0 Å². The summed E-state index contributed by atoms with van der Waals surface area (Å²) < 4.78 is 5.67. The summed E-state index contributed by atoms with van der Waals surface area (Å²) >= 11 is 4.97. The third-order valence-electron chi connectivity index (χ3n) is 2.39. The average molecular weight is 302 g/mol. The zero-order valence-corrected chi connectivity index (χ0v) is 11.8. The zero-order valence-electron chi connectivity index (χ0n) is 11.0. The number of hydrazine groups is 1. The van der Waals surface area contributed by atoms with Gasteiger partial charge in [0.1, 0.15) is 11.5 Å². The molecule has 0 aliphatic rings. The fourth-order valence-electron chi connectivity index (χ4n) is 1.51. The normalized spacial score (nSPS) is 9.52. The molecule has 0 spiro atoms. The van der Waals surface area contributed by atoms with Crippen molar-refractivity contribution < 1.29 is 9.53 Å². The maximum absolute atomic E-state index is 10.5. The molecule has 7 heteroatoms. The number of anilines is 1. The lowest BCUT2D eigenvalue weighted by Gasteiger charge is -2.11. The number of carbonyl (C=O) groups is 1. The molecule has 0 aromatic heterocycles. The third-order valence-corrected chi connectivity index (χ3v) is 2.59. The second-order valence-corrected chi connectivity index (χ2v) is 4.42. The van der Waals surface area contributed by atoms with Gasteiger partial charge >= 0.3 is 6.03 Å². The molecular weight excluding hydrogens is 288 g/mol. The molecule has 0 fully saturated rings. The Kier molecular flexibility index (Phi) is 4.94. The fourth-order valence-corrected chi connectivity index (χ4v) is 1.68. The van der Waals surface area contributed by atoms with Gasteiger partial charge in [0.25, 0.3) is 0 Å². The zero-order chi connectivity index (χ0) is 15.1. The molecule has 2 rings (SSSR count). The monoisotopic (exact) mass is 302 g/mol. The van der Waals surface area contributed by atoms with E-state index in [-0.39, 0.29) is 5.11 Å². The summed E-state index contributed by atoms with van der Waals surface area (Å²) in [4.78, 5) is 10.5. The number of benzene rings is 2. The van der Waals surface area contributed by atoms with Crippen LogP contribution in [0.2, 0.25) is 0 Å². The Morgan fingerprint density at radius 3 is 2.19 bits per heavy atom. The first-order valence-electron chi connectivity index (χ1n) is 6.09. The predicted octanol–water partition coefficient (Wildman–Crippen LogP) is 2.35. The Bertz CT molecular complexity index is 617. The second kappa shape index (κ2) is 7.11. The molecule has 2 aromatic carbocycles. The van der Waals surface area contributed by atoms with E-state index >= 15 is 0 Å². The number of amides is 2. The predicted molar refractivity (Wildman–Crippen MR) is 85.0 cm³/mol. The number of hydrogen-bond donors (Lipinski definition) is 4. The Morgan fingerprint density at radius 1 is 0.952 bits per heavy atom. The molecule has 0 radical (unpaired) electrons. The van der Waals surface area contributed by atoms with Crippen LogP contribution in [0.4, 0.5) is 10.5 Å². The van der Waals surface area contributed by atoms with Crippen molar-refractivity contribution in [2.24, 2.45) is 5.73 Å². The molecule has 5 N–H and O–H groups in total. The maximum Gasteiger partial charge on any atom is 0.330 e. The Hall–Kier alpha value is -2.80. The first-order chi connectivity index (χ1) is 10.1. The number of carbonyl (C=O) groups excluding carboxylic acids is 1. The van der Waals surface area contributed by atoms with Crippen molar-refractivity contribution in [1.29, 1.82) is 0 Å². The van der Waals surface area contributed by atoms with Crippen LogP contribution in [0.5, 0.6) is 11.5 Å². The van der Waals surface area contributed by atoms with Gasteiger partial charge in [-0.25, -0.2) is 10.2 Å². The van der Waals surface area contributed by atoms with Crippen molar-refractivity contribution in [2.45, 2.75) is 0 Å². The van der Waals surface area contributed by atoms with Crippen molar-refractivity contribution in [3.8, 4) is 11.5 Å². The maximum atomic E-state index is 10.5. The lowest BCUT2D eigenvalue weighted by atomic mass is 10.3. The van der Waals surface area contributed by atoms with Crippen LogP contribution in [-0.4, -0.2) is 11.1 Å². The molecule has 21 heavy (non-hydrogen) atoms. The highest BCUT2D eigenvalue weighted by atomic mass is 32.1. The van der Waals surface area contributed by atoms with Crippen LogP contribution in [0, 0.1) is 0 Å². The molecule has 0 atom stereocenters. The van der Waals surface area contributed by atoms with Crippen molar-refractivity contribution in [2.75, 3.05) is 5.32 Å². The van der Waals surface area contributed by atoms with Crippen molar-refractivity contribution in [1.82, 2.24) is 10.9 Å². The Labute approximate surface area is 127 Å². The molecule has 0 aliphatic heterocycles. The van der Waals surface area contributed by atoms with Gasteiger partial charge < -0.3 is 15.8 Å². The minimum absolute atomic E-state index is 0.227. The largest absolute Gasteiger partial charge is 0.457 e. The van der Waals surface area contributed by atoms with E-state index < -0.39 is 6.03 Å². The minimum atomic E-state index is -0.717. The van der Waals surface area contributed by atoms with Gasteiger partial charge in [0.05, 0.1) is 0 Å². The number of nitrogens with one attached hydrogen (secondary N) is 3. The molecule has 0 heterocycles. The molecule has 2 amide bonds. The van der Waals surface area contributed by atoms with E-state index in [1.54, 1.807) is 24.3 Å². The van der Waals surface area contributed by atoms with Gasteiger partial charge in [-0.15, -0.1) is 0 Å². The summed E-state index contributed by atoms with van der Waals surface area (Å²) in [5.74, 6) is 1.47. The number of nitrogens with two attached hydrogens (primary N) is 1. The molecule has 0 saturated carbocycles. The first kappa shape index (κ1) is 14.6. The first-order valence-corrected chi connectivity index (χ1v) is 6.50. The van der Waals surface area contributed by atoms with Gasteiger partial charge in [-0.3, -0.25) is 5.43 Å². The standard InChI is InChI=1S/C14H14N4O2S/c15-13(19)17-18-14(21)16-10-6-8-12(9-7-10)20-11-4-2-1-3-5-11/h1-9H,(H3,15,17,19)(H2,16,18,21). The average Bonchev–Trinajstić information content (AvgIpc) is 2.48. The van der Waals surface area contributed by atoms with Crippen LogP contribution in [0.3, 0.4) is 0 Å². The van der Waals surface area contributed by atoms with E-state index in [0.29, 0.717) is 5.75 Å². The smallest absolute Gasteiger partial charge is 0.330 e. The number of urea groups is 1. The van der Waals surface area contributed by atoms with E-state index in [2.05, 4.69) is 16.2 Å². The quantitative estimate of drug-likeness (QED) is 0.516. The summed E-state index contributed by atoms with van der Waals surface area (Å²) in [5, 5.41) is 3.11. The van der Waals surface area contributed by atoms with Crippen molar-refractivity contribution >= 4 is 29.0 Å². The van der Waals surface area contributed by atoms with E-state index in [1.807, 2.05) is 30.3 Å². The van der Waals surface area contributed by atoms with Crippen molar-refractivity contribution in [3.63, 3.8) is 0 Å². The van der Waals surface area contributed by atoms with Crippen LogP contribution < -0.4 is 26.6 Å². The fraction of sp³-hybridized carbons (Fsp3) is 0. The number of ether oxygens (including phenoxy) is 1.